The largest absolute Gasteiger partial charge is 0.479 e. The average molecular weight is 436 g/mol. The molecule has 2 atom stereocenters. The van der Waals surface area contributed by atoms with Crippen LogP contribution in [0.4, 0.5) is 5.82 Å². The van der Waals surface area contributed by atoms with Gasteiger partial charge in [0.2, 0.25) is 5.91 Å². The van der Waals surface area contributed by atoms with Crippen molar-refractivity contribution in [3.8, 4) is 5.75 Å². The van der Waals surface area contributed by atoms with E-state index in [4.69, 9.17) is 27.9 Å². The first kappa shape index (κ1) is 21.4. The van der Waals surface area contributed by atoms with Crippen molar-refractivity contribution < 1.29 is 14.3 Å². The number of aryl methyl sites for hydroxylation is 1. The van der Waals surface area contributed by atoms with Crippen LogP contribution < -0.4 is 10.1 Å². The van der Waals surface area contributed by atoms with Gasteiger partial charge in [-0.25, -0.2) is 4.98 Å². The Morgan fingerprint density at radius 1 is 1.28 bits per heavy atom. The average Bonchev–Trinajstić information content (AvgIpc) is 2.72. The number of likely N-dealkylation sites (tertiary alicyclic amines) is 1. The van der Waals surface area contributed by atoms with Crippen LogP contribution in [-0.4, -0.2) is 40.9 Å². The number of amides is 2. The zero-order valence-electron chi connectivity index (χ0n) is 16.3. The molecule has 0 radical (unpaired) electrons. The molecule has 154 valence electrons. The van der Waals surface area contributed by atoms with Crippen LogP contribution in [0.15, 0.2) is 36.5 Å². The van der Waals surface area contributed by atoms with Crippen LogP contribution in [0.2, 0.25) is 10.0 Å². The number of hydrogen-bond acceptors (Lipinski definition) is 4. The lowest BCUT2D eigenvalue weighted by Crippen LogP contribution is -2.48. The molecule has 1 aliphatic rings. The Labute approximate surface area is 180 Å². The predicted molar refractivity (Wildman–Crippen MR) is 113 cm³/mol. The quantitative estimate of drug-likeness (QED) is 0.757. The fraction of sp³-hybridized carbons (Fsp3) is 0.381. The van der Waals surface area contributed by atoms with Crippen LogP contribution >= 0.6 is 23.2 Å². The number of carbonyl (C=O) groups is 2. The van der Waals surface area contributed by atoms with Crippen LogP contribution in [0.25, 0.3) is 0 Å². The van der Waals surface area contributed by atoms with E-state index in [1.807, 2.05) is 13.0 Å². The molecule has 1 aliphatic heterocycles. The molecule has 3 rings (SSSR count). The first-order valence-electron chi connectivity index (χ1n) is 9.47. The molecule has 1 saturated heterocycles. The number of benzene rings is 1. The minimum Gasteiger partial charge on any atom is -0.479 e. The van der Waals surface area contributed by atoms with Crippen LogP contribution in [0.5, 0.6) is 5.75 Å². The van der Waals surface area contributed by atoms with Crippen LogP contribution in [0.1, 0.15) is 25.3 Å². The second-order valence-electron chi connectivity index (χ2n) is 7.17. The van der Waals surface area contributed by atoms with Gasteiger partial charge in [0.1, 0.15) is 11.6 Å². The standard InChI is InChI=1S/C21H23Cl2N3O3/c1-13-5-7-17(23)18(10-13)29-14(2)21(28)26-9-3-4-15(12-26)20(27)25-19-8-6-16(22)11-24-19/h5-8,10-11,14-15H,3-4,9,12H2,1-2H3,(H,24,25,27). The van der Waals surface area contributed by atoms with Gasteiger partial charge in [0.15, 0.2) is 6.10 Å². The van der Waals surface area contributed by atoms with Gasteiger partial charge in [-0.2, -0.15) is 0 Å². The monoisotopic (exact) mass is 435 g/mol. The van der Waals surface area contributed by atoms with Crippen LogP contribution in [0.3, 0.4) is 0 Å². The lowest BCUT2D eigenvalue weighted by molar-refractivity contribution is -0.140. The van der Waals surface area contributed by atoms with Gasteiger partial charge in [-0.15, -0.1) is 0 Å². The molecule has 0 spiro atoms. The molecule has 0 bridgehead atoms. The maximum Gasteiger partial charge on any atom is 0.263 e. The van der Waals surface area contributed by atoms with Gasteiger partial charge in [0.25, 0.3) is 5.91 Å². The normalized spacial score (nSPS) is 17.5. The summed E-state index contributed by atoms with van der Waals surface area (Å²) in [5.74, 6) is 0.290. The summed E-state index contributed by atoms with van der Waals surface area (Å²) in [4.78, 5) is 31.2. The predicted octanol–water partition coefficient (Wildman–Crippen LogP) is 4.34. The number of hydrogen-bond donors (Lipinski definition) is 1. The molecule has 2 aromatic rings. The van der Waals surface area contributed by atoms with E-state index in [9.17, 15) is 9.59 Å². The summed E-state index contributed by atoms with van der Waals surface area (Å²) in [5.41, 5.74) is 0.995. The highest BCUT2D eigenvalue weighted by Gasteiger charge is 2.31. The molecular formula is C21H23Cl2N3O3. The van der Waals surface area contributed by atoms with Gasteiger partial charge in [-0.05, 0) is 56.5 Å². The van der Waals surface area contributed by atoms with Crippen molar-refractivity contribution >= 4 is 40.8 Å². The minimum absolute atomic E-state index is 0.160. The molecule has 29 heavy (non-hydrogen) atoms. The van der Waals surface area contributed by atoms with Crippen molar-refractivity contribution in [1.29, 1.82) is 0 Å². The van der Waals surface area contributed by atoms with Gasteiger partial charge in [0.05, 0.1) is 16.0 Å². The number of ether oxygens (including phenoxy) is 1. The summed E-state index contributed by atoms with van der Waals surface area (Å²) < 4.78 is 5.80. The van der Waals surface area contributed by atoms with Gasteiger partial charge >= 0.3 is 0 Å². The Hall–Kier alpha value is -2.31. The zero-order chi connectivity index (χ0) is 21.0. The first-order valence-corrected chi connectivity index (χ1v) is 10.2. The van der Waals surface area contributed by atoms with E-state index in [1.54, 1.807) is 36.1 Å². The Bertz CT molecular complexity index is 889. The third-order valence-corrected chi connectivity index (χ3v) is 5.36. The van der Waals surface area contributed by atoms with Crippen molar-refractivity contribution in [3.63, 3.8) is 0 Å². The smallest absolute Gasteiger partial charge is 0.263 e. The molecule has 1 aromatic heterocycles. The highest BCUT2D eigenvalue weighted by molar-refractivity contribution is 6.32. The number of anilines is 1. The van der Waals surface area contributed by atoms with Crippen LogP contribution in [-0.2, 0) is 9.59 Å². The van der Waals surface area contributed by atoms with Crippen LogP contribution in [0, 0.1) is 12.8 Å². The summed E-state index contributed by atoms with van der Waals surface area (Å²) in [6.07, 6.45) is 2.23. The molecule has 0 saturated carbocycles. The number of halogens is 2. The van der Waals surface area contributed by atoms with E-state index in [0.29, 0.717) is 41.1 Å². The van der Waals surface area contributed by atoms with E-state index < -0.39 is 6.10 Å². The zero-order valence-corrected chi connectivity index (χ0v) is 17.8. The number of carbonyl (C=O) groups excluding carboxylic acids is 2. The Kier molecular flexibility index (Phi) is 6.98. The molecule has 8 heteroatoms. The molecule has 2 amide bonds. The van der Waals surface area contributed by atoms with E-state index in [0.717, 1.165) is 12.0 Å². The number of rotatable bonds is 5. The summed E-state index contributed by atoms with van der Waals surface area (Å²) in [6.45, 7) is 4.56. The van der Waals surface area contributed by atoms with Gasteiger partial charge in [0, 0.05) is 19.3 Å². The van der Waals surface area contributed by atoms with Crippen molar-refractivity contribution in [3.05, 3.63) is 52.1 Å². The Balaban J connectivity index is 1.60. The van der Waals surface area contributed by atoms with Crippen molar-refractivity contribution in [2.75, 3.05) is 18.4 Å². The Morgan fingerprint density at radius 3 is 2.79 bits per heavy atom. The maximum absolute atomic E-state index is 12.9. The van der Waals surface area contributed by atoms with Crippen molar-refractivity contribution in [2.24, 2.45) is 5.92 Å². The topological polar surface area (TPSA) is 71.5 Å². The van der Waals surface area contributed by atoms with Gasteiger partial charge in [-0.3, -0.25) is 9.59 Å². The van der Waals surface area contributed by atoms with Crippen molar-refractivity contribution in [2.45, 2.75) is 32.8 Å². The third-order valence-electron chi connectivity index (χ3n) is 4.82. The summed E-state index contributed by atoms with van der Waals surface area (Å²) >= 11 is 12.0. The van der Waals surface area contributed by atoms with E-state index >= 15 is 0 Å². The van der Waals surface area contributed by atoms with Gasteiger partial charge < -0.3 is 15.0 Å². The summed E-state index contributed by atoms with van der Waals surface area (Å²) in [5, 5.41) is 3.75. The second kappa shape index (κ2) is 9.46. The Morgan fingerprint density at radius 2 is 2.07 bits per heavy atom. The molecule has 1 fully saturated rings. The first-order chi connectivity index (χ1) is 13.8. The number of nitrogens with zero attached hydrogens (tertiary/aromatic N) is 2. The minimum atomic E-state index is -0.700. The highest BCUT2D eigenvalue weighted by atomic mass is 35.5. The summed E-state index contributed by atoms with van der Waals surface area (Å²) in [7, 11) is 0. The number of pyridine rings is 1. The molecule has 0 aliphatic carbocycles. The maximum atomic E-state index is 12.9. The second-order valence-corrected chi connectivity index (χ2v) is 8.01. The fourth-order valence-electron chi connectivity index (χ4n) is 3.27. The highest BCUT2D eigenvalue weighted by Crippen LogP contribution is 2.27. The molecule has 2 unspecified atom stereocenters. The van der Waals surface area contributed by atoms with Crippen molar-refractivity contribution in [1.82, 2.24) is 9.88 Å². The van der Waals surface area contributed by atoms with E-state index in [1.165, 1.54) is 6.20 Å². The van der Waals surface area contributed by atoms with Gasteiger partial charge in [-0.1, -0.05) is 29.3 Å². The molecule has 2 heterocycles. The molecule has 6 nitrogen and oxygen atoms in total. The fourth-order valence-corrected chi connectivity index (χ4v) is 3.54. The lowest BCUT2D eigenvalue weighted by atomic mass is 9.96. The van der Waals surface area contributed by atoms with E-state index in [-0.39, 0.29) is 17.7 Å². The number of nitrogens with one attached hydrogen (secondary N) is 1. The number of aromatic nitrogens is 1. The molecule has 1 N–H and O–H groups in total. The summed E-state index contributed by atoms with van der Waals surface area (Å²) in [6, 6.07) is 8.74. The molecular weight excluding hydrogens is 413 g/mol. The third kappa shape index (κ3) is 5.61. The van der Waals surface area contributed by atoms with E-state index in [2.05, 4.69) is 10.3 Å². The SMILES string of the molecule is Cc1ccc(Cl)c(OC(C)C(=O)N2CCCC(C(=O)Nc3ccc(Cl)cn3)C2)c1. The number of piperidine rings is 1. The lowest BCUT2D eigenvalue weighted by Gasteiger charge is -2.33. The molecule has 1 aromatic carbocycles.